The summed E-state index contributed by atoms with van der Waals surface area (Å²) in [4.78, 5) is 13.9. The molecule has 110 valence electrons. The van der Waals surface area contributed by atoms with Crippen molar-refractivity contribution in [2.75, 3.05) is 20.2 Å². The van der Waals surface area contributed by atoms with Gasteiger partial charge in [-0.3, -0.25) is 4.79 Å². The first kappa shape index (κ1) is 16.4. The molecule has 0 heterocycles. The average Bonchev–Trinajstić information content (AvgIpc) is 2.34. The number of rotatable bonds is 5. The van der Waals surface area contributed by atoms with Crippen molar-refractivity contribution in [3.8, 4) is 5.75 Å². The van der Waals surface area contributed by atoms with Gasteiger partial charge in [-0.15, -0.1) is 0 Å². The smallest absolute Gasteiger partial charge is 0.260 e. The molecule has 0 spiro atoms. The zero-order valence-electron chi connectivity index (χ0n) is 12.5. The van der Waals surface area contributed by atoms with Crippen LogP contribution in [0.25, 0.3) is 0 Å². The molecular formula is C15H22N2O2S. The Kier molecular flexibility index (Phi) is 5.51. The molecule has 0 aliphatic heterocycles. The van der Waals surface area contributed by atoms with Gasteiger partial charge in [0.05, 0.1) is 5.56 Å². The minimum absolute atomic E-state index is 0.0216. The van der Waals surface area contributed by atoms with Gasteiger partial charge in [0.25, 0.3) is 5.91 Å². The van der Waals surface area contributed by atoms with Crippen molar-refractivity contribution in [3.63, 3.8) is 0 Å². The van der Waals surface area contributed by atoms with Crippen molar-refractivity contribution in [2.45, 2.75) is 20.8 Å². The van der Waals surface area contributed by atoms with Crippen molar-refractivity contribution in [1.29, 1.82) is 0 Å². The van der Waals surface area contributed by atoms with Gasteiger partial charge in [-0.25, -0.2) is 0 Å². The van der Waals surface area contributed by atoms with Crippen LogP contribution in [-0.2, 0) is 4.79 Å². The maximum absolute atomic E-state index is 12.0. The number of hydrogen-bond donors (Lipinski definition) is 1. The van der Waals surface area contributed by atoms with Crippen LogP contribution in [0.1, 0.15) is 26.3 Å². The molecule has 0 aromatic heterocycles. The maximum atomic E-state index is 12.0. The molecule has 0 aliphatic rings. The van der Waals surface area contributed by atoms with Gasteiger partial charge in [0, 0.05) is 13.6 Å². The minimum atomic E-state index is -0.0716. The van der Waals surface area contributed by atoms with Gasteiger partial charge in [-0.05, 0) is 17.5 Å². The van der Waals surface area contributed by atoms with E-state index >= 15 is 0 Å². The van der Waals surface area contributed by atoms with Gasteiger partial charge < -0.3 is 15.4 Å². The zero-order valence-corrected chi connectivity index (χ0v) is 13.3. The highest BCUT2D eigenvalue weighted by Crippen LogP contribution is 2.18. The van der Waals surface area contributed by atoms with Crippen LogP contribution in [0.15, 0.2) is 24.3 Å². The predicted octanol–water partition coefficient (Wildman–Crippen LogP) is 2.20. The Morgan fingerprint density at radius 2 is 1.95 bits per heavy atom. The highest BCUT2D eigenvalue weighted by molar-refractivity contribution is 7.80. The normalized spacial score (nSPS) is 11.0. The number of hydrogen-bond acceptors (Lipinski definition) is 3. The molecule has 1 aromatic rings. The number of amides is 1. The number of thiocarbonyl (C=S) groups is 1. The number of para-hydroxylation sites is 1. The van der Waals surface area contributed by atoms with E-state index in [0.29, 0.717) is 17.9 Å². The van der Waals surface area contributed by atoms with Gasteiger partial charge in [-0.1, -0.05) is 45.1 Å². The Morgan fingerprint density at radius 3 is 2.50 bits per heavy atom. The fraction of sp³-hybridized carbons (Fsp3) is 0.467. The lowest BCUT2D eigenvalue weighted by Gasteiger charge is -2.26. The molecule has 1 aromatic carbocycles. The summed E-state index contributed by atoms with van der Waals surface area (Å²) in [5.74, 6) is 0.468. The van der Waals surface area contributed by atoms with Crippen LogP contribution in [0.5, 0.6) is 5.75 Å². The third-order valence-electron chi connectivity index (χ3n) is 2.64. The van der Waals surface area contributed by atoms with E-state index in [2.05, 4.69) is 20.8 Å². The summed E-state index contributed by atoms with van der Waals surface area (Å²) in [7, 11) is 1.77. The molecule has 0 saturated heterocycles. The van der Waals surface area contributed by atoms with Gasteiger partial charge in [0.1, 0.15) is 10.7 Å². The molecule has 0 fully saturated rings. The van der Waals surface area contributed by atoms with Crippen LogP contribution in [0, 0.1) is 5.41 Å². The van der Waals surface area contributed by atoms with Crippen molar-refractivity contribution in [3.05, 3.63) is 29.8 Å². The molecule has 0 radical (unpaired) electrons. The van der Waals surface area contributed by atoms with E-state index in [-0.39, 0.29) is 22.9 Å². The van der Waals surface area contributed by atoms with Gasteiger partial charge in [0.2, 0.25) is 0 Å². The van der Waals surface area contributed by atoms with Crippen LogP contribution in [0.3, 0.4) is 0 Å². The number of carbonyl (C=O) groups excluding carboxylic acids is 1. The number of nitrogens with two attached hydrogens (primary N) is 1. The van der Waals surface area contributed by atoms with E-state index in [4.69, 9.17) is 22.7 Å². The Bertz CT molecular complexity index is 495. The second-order valence-corrected chi connectivity index (χ2v) is 6.40. The van der Waals surface area contributed by atoms with Crippen LogP contribution in [0.4, 0.5) is 0 Å². The van der Waals surface area contributed by atoms with E-state index in [1.807, 2.05) is 12.1 Å². The number of likely N-dealkylation sites (N-methyl/N-ethyl adjacent to an activating group) is 1. The summed E-state index contributed by atoms with van der Waals surface area (Å²) in [6, 6.07) is 7.18. The monoisotopic (exact) mass is 294 g/mol. The second-order valence-electron chi connectivity index (χ2n) is 5.96. The Morgan fingerprint density at radius 1 is 1.35 bits per heavy atom. The first-order valence-electron chi connectivity index (χ1n) is 6.46. The lowest BCUT2D eigenvalue weighted by atomic mass is 9.96. The van der Waals surface area contributed by atoms with E-state index in [1.54, 1.807) is 24.1 Å². The minimum Gasteiger partial charge on any atom is -0.483 e. The maximum Gasteiger partial charge on any atom is 0.260 e. The summed E-state index contributed by atoms with van der Waals surface area (Å²) in [6.07, 6.45) is 0. The van der Waals surface area contributed by atoms with E-state index in [1.165, 1.54) is 0 Å². The molecule has 0 atom stereocenters. The number of benzene rings is 1. The van der Waals surface area contributed by atoms with Crippen molar-refractivity contribution >= 4 is 23.1 Å². The summed E-state index contributed by atoms with van der Waals surface area (Å²) >= 11 is 4.96. The summed E-state index contributed by atoms with van der Waals surface area (Å²) in [5, 5.41) is 0. The van der Waals surface area contributed by atoms with Crippen LogP contribution < -0.4 is 10.5 Å². The molecule has 4 nitrogen and oxygen atoms in total. The Labute approximate surface area is 125 Å². The predicted molar refractivity (Wildman–Crippen MR) is 84.9 cm³/mol. The molecule has 20 heavy (non-hydrogen) atoms. The van der Waals surface area contributed by atoms with E-state index in [9.17, 15) is 4.79 Å². The van der Waals surface area contributed by atoms with Crippen LogP contribution in [0.2, 0.25) is 0 Å². The summed E-state index contributed by atoms with van der Waals surface area (Å²) < 4.78 is 5.54. The molecule has 0 saturated carbocycles. The third kappa shape index (κ3) is 5.17. The van der Waals surface area contributed by atoms with Crippen LogP contribution >= 0.6 is 12.2 Å². The zero-order chi connectivity index (χ0) is 15.3. The topological polar surface area (TPSA) is 55.6 Å². The molecule has 5 heteroatoms. The molecule has 0 unspecified atom stereocenters. The van der Waals surface area contributed by atoms with Gasteiger partial charge in [-0.2, -0.15) is 0 Å². The lowest BCUT2D eigenvalue weighted by molar-refractivity contribution is -0.133. The number of ether oxygens (including phenoxy) is 1. The number of nitrogens with zero attached hydrogens (tertiary/aromatic N) is 1. The Balaban J connectivity index is 2.64. The first-order valence-corrected chi connectivity index (χ1v) is 6.87. The first-order chi connectivity index (χ1) is 9.20. The fourth-order valence-corrected chi connectivity index (χ4v) is 2.01. The molecule has 0 aliphatic carbocycles. The van der Waals surface area contributed by atoms with E-state index in [0.717, 1.165) is 0 Å². The summed E-state index contributed by atoms with van der Waals surface area (Å²) in [5.41, 5.74) is 6.32. The second kappa shape index (κ2) is 6.70. The highest BCUT2D eigenvalue weighted by atomic mass is 32.1. The van der Waals surface area contributed by atoms with Crippen molar-refractivity contribution in [1.82, 2.24) is 4.90 Å². The molecule has 0 bridgehead atoms. The van der Waals surface area contributed by atoms with Gasteiger partial charge >= 0.3 is 0 Å². The molecular weight excluding hydrogens is 272 g/mol. The largest absolute Gasteiger partial charge is 0.483 e. The SMILES string of the molecule is CN(CC(C)(C)C)C(=O)COc1ccccc1C(N)=S. The quantitative estimate of drug-likeness (QED) is 0.846. The standard InChI is InChI=1S/C15H22N2O2S/c1-15(2,3)10-17(4)13(18)9-19-12-8-6-5-7-11(12)14(16)20/h5-8H,9-10H2,1-4H3,(H2,16,20). The third-order valence-corrected chi connectivity index (χ3v) is 2.86. The van der Waals surface area contributed by atoms with E-state index < -0.39 is 0 Å². The van der Waals surface area contributed by atoms with Crippen molar-refractivity contribution in [2.24, 2.45) is 11.1 Å². The summed E-state index contributed by atoms with van der Waals surface area (Å²) in [6.45, 7) is 6.90. The molecule has 2 N–H and O–H groups in total. The highest BCUT2D eigenvalue weighted by Gasteiger charge is 2.18. The fourth-order valence-electron chi connectivity index (χ4n) is 1.85. The number of carbonyl (C=O) groups is 1. The molecule has 1 rings (SSSR count). The van der Waals surface area contributed by atoms with Crippen LogP contribution in [-0.4, -0.2) is 36.0 Å². The lowest BCUT2D eigenvalue weighted by Crippen LogP contribution is -2.37. The molecule has 1 amide bonds. The Hall–Kier alpha value is -1.62. The van der Waals surface area contributed by atoms with Gasteiger partial charge in [0.15, 0.2) is 6.61 Å². The average molecular weight is 294 g/mol. The van der Waals surface area contributed by atoms with Crippen molar-refractivity contribution < 1.29 is 9.53 Å².